The Hall–Kier alpha value is -0.610. The van der Waals surface area contributed by atoms with Crippen molar-refractivity contribution in [3.63, 3.8) is 0 Å². The molecule has 0 aliphatic heterocycles. The molecule has 0 N–H and O–H groups in total. The summed E-state index contributed by atoms with van der Waals surface area (Å²) in [4.78, 5) is 15.8. The Bertz CT molecular complexity index is 215. The van der Waals surface area contributed by atoms with Crippen LogP contribution in [0.4, 0.5) is 0 Å². The van der Waals surface area contributed by atoms with Gasteiger partial charge in [-0.25, -0.2) is 0 Å². The molecule has 0 aromatic carbocycles. The Morgan fingerprint density at radius 1 is 1.31 bits per heavy atom. The monoisotopic (exact) mass is 228 g/mol. The fourth-order valence-corrected chi connectivity index (χ4v) is 1.79. The van der Waals surface area contributed by atoms with Gasteiger partial charge in [0.05, 0.1) is 13.2 Å². The van der Waals surface area contributed by atoms with Crippen molar-refractivity contribution in [1.29, 1.82) is 0 Å². The highest BCUT2D eigenvalue weighted by molar-refractivity contribution is 5.71. The lowest BCUT2D eigenvalue weighted by molar-refractivity contribution is -0.144. The maximum absolute atomic E-state index is 11.4. The number of hydrogen-bond acceptors (Lipinski definition) is 4. The van der Waals surface area contributed by atoms with Gasteiger partial charge in [-0.15, -0.1) is 0 Å². The molecule has 1 rings (SSSR count). The van der Waals surface area contributed by atoms with Crippen molar-refractivity contribution in [3.05, 3.63) is 0 Å². The summed E-state index contributed by atoms with van der Waals surface area (Å²) >= 11 is 0. The van der Waals surface area contributed by atoms with E-state index in [4.69, 9.17) is 4.74 Å². The van der Waals surface area contributed by atoms with E-state index in [1.54, 1.807) is 0 Å². The normalized spacial score (nSPS) is 15.8. The van der Waals surface area contributed by atoms with E-state index in [0.717, 1.165) is 19.5 Å². The third-order valence-corrected chi connectivity index (χ3v) is 2.75. The van der Waals surface area contributed by atoms with E-state index < -0.39 is 0 Å². The van der Waals surface area contributed by atoms with Crippen LogP contribution in [0.3, 0.4) is 0 Å². The second-order valence-electron chi connectivity index (χ2n) is 4.66. The SMILES string of the molecule is CCOC(=O)CN(CCCN(C)C)C1CC1. The van der Waals surface area contributed by atoms with E-state index in [1.165, 1.54) is 12.8 Å². The third-order valence-electron chi connectivity index (χ3n) is 2.75. The predicted molar refractivity (Wildman–Crippen MR) is 64.4 cm³/mol. The molecule has 0 amide bonds. The molecule has 16 heavy (non-hydrogen) atoms. The lowest BCUT2D eigenvalue weighted by Crippen LogP contribution is -2.35. The summed E-state index contributed by atoms with van der Waals surface area (Å²) in [5.74, 6) is -0.0840. The van der Waals surface area contributed by atoms with Gasteiger partial charge in [-0.3, -0.25) is 9.69 Å². The van der Waals surface area contributed by atoms with Crippen molar-refractivity contribution in [2.24, 2.45) is 0 Å². The van der Waals surface area contributed by atoms with E-state index in [2.05, 4.69) is 23.9 Å². The Morgan fingerprint density at radius 2 is 2.00 bits per heavy atom. The van der Waals surface area contributed by atoms with Crippen LogP contribution in [0.2, 0.25) is 0 Å². The van der Waals surface area contributed by atoms with Crippen LogP contribution in [0.5, 0.6) is 0 Å². The van der Waals surface area contributed by atoms with Gasteiger partial charge in [0.25, 0.3) is 0 Å². The number of esters is 1. The van der Waals surface area contributed by atoms with Gasteiger partial charge in [0.1, 0.15) is 0 Å². The molecule has 1 aliphatic carbocycles. The highest BCUT2D eigenvalue weighted by Crippen LogP contribution is 2.26. The first-order valence-corrected chi connectivity index (χ1v) is 6.18. The molecule has 0 atom stereocenters. The molecule has 1 saturated carbocycles. The third kappa shape index (κ3) is 5.47. The molecule has 4 nitrogen and oxygen atoms in total. The summed E-state index contributed by atoms with van der Waals surface area (Å²) in [6.45, 7) is 4.88. The van der Waals surface area contributed by atoms with Gasteiger partial charge < -0.3 is 9.64 Å². The molecule has 0 saturated heterocycles. The lowest BCUT2D eigenvalue weighted by Gasteiger charge is -2.21. The van der Waals surface area contributed by atoms with Crippen LogP contribution in [0.25, 0.3) is 0 Å². The van der Waals surface area contributed by atoms with Crippen LogP contribution in [-0.2, 0) is 9.53 Å². The average molecular weight is 228 g/mol. The Morgan fingerprint density at radius 3 is 2.50 bits per heavy atom. The molecule has 4 heteroatoms. The number of carbonyl (C=O) groups is 1. The number of carbonyl (C=O) groups excluding carboxylic acids is 1. The number of hydrogen-bond donors (Lipinski definition) is 0. The van der Waals surface area contributed by atoms with E-state index in [9.17, 15) is 4.79 Å². The molecule has 0 unspecified atom stereocenters. The molecule has 0 aromatic rings. The minimum Gasteiger partial charge on any atom is -0.465 e. The fraction of sp³-hybridized carbons (Fsp3) is 0.917. The molecule has 0 heterocycles. The van der Waals surface area contributed by atoms with Gasteiger partial charge in [-0.2, -0.15) is 0 Å². The Kier molecular flexibility index (Phi) is 5.77. The summed E-state index contributed by atoms with van der Waals surface area (Å²) in [6, 6.07) is 0.631. The van der Waals surface area contributed by atoms with Crippen LogP contribution in [0.15, 0.2) is 0 Å². The first-order valence-electron chi connectivity index (χ1n) is 6.18. The largest absolute Gasteiger partial charge is 0.465 e. The van der Waals surface area contributed by atoms with Crippen LogP contribution in [0, 0.1) is 0 Å². The highest BCUT2D eigenvalue weighted by Gasteiger charge is 2.30. The second-order valence-corrected chi connectivity index (χ2v) is 4.66. The number of ether oxygens (including phenoxy) is 1. The second kappa shape index (κ2) is 6.86. The summed E-state index contributed by atoms with van der Waals surface area (Å²) in [5.41, 5.74) is 0. The van der Waals surface area contributed by atoms with Gasteiger partial charge >= 0.3 is 5.97 Å². The van der Waals surface area contributed by atoms with E-state index in [0.29, 0.717) is 19.2 Å². The molecule has 1 aliphatic rings. The zero-order valence-corrected chi connectivity index (χ0v) is 10.7. The summed E-state index contributed by atoms with van der Waals surface area (Å²) < 4.78 is 4.99. The summed E-state index contributed by atoms with van der Waals surface area (Å²) in [6.07, 6.45) is 3.59. The summed E-state index contributed by atoms with van der Waals surface area (Å²) in [5, 5.41) is 0. The zero-order chi connectivity index (χ0) is 12.0. The van der Waals surface area contributed by atoms with Crippen LogP contribution in [-0.4, -0.2) is 62.1 Å². The van der Waals surface area contributed by atoms with Gasteiger partial charge in [-0.1, -0.05) is 0 Å². The molecule has 0 spiro atoms. The minimum absolute atomic E-state index is 0.0840. The van der Waals surface area contributed by atoms with Gasteiger partial charge in [0.15, 0.2) is 0 Å². The molecular formula is C12H24N2O2. The van der Waals surface area contributed by atoms with Gasteiger partial charge in [-0.05, 0) is 46.8 Å². The molecule has 0 bridgehead atoms. The van der Waals surface area contributed by atoms with Crippen molar-refractivity contribution >= 4 is 5.97 Å². The Labute approximate surface area is 98.5 Å². The first kappa shape index (κ1) is 13.5. The zero-order valence-electron chi connectivity index (χ0n) is 10.7. The lowest BCUT2D eigenvalue weighted by atomic mass is 10.3. The molecule has 0 aromatic heterocycles. The van der Waals surface area contributed by atoms with Crippen LogP contribution >= 0.6 is 0 Å². The molecule has 0 radical (unpaired) electrons. The van der Waals surface area contributed by atoms with Crippen molar-refractivity contribution in [1.82, 2.24) is 9.80 Å². The number of rotatable bonds is 8. The van der Waals surface area contributed by atoms with Crippen molar-refractivity contribution in [2.45, 2.75) is 32.2 Å². The van der Waals surface area contributed by atoms with Crippen molar-refractivity contribution in [2.75, 3.05) is 40.3 Å². The Balaban J connectivity index is 2.22. The molecular weight excluding hydrogens is 204 g/mol. The van der Waals surface area contributed by atoms with Crippen LogP contribution < -0.4 is 0 Å². The van der Waals surface area contributed by atoms with Crippen LogP contribution in [0.1, 0.15) is 26.2 Å². The minimum atomic E-state index is -0.0840. The molecule has 94 valence electrons. The van der Waals surface area contributed by atoms with Gasteiger partial charge in [0.2, 0.25) is 0 Å². The standard InChI is InChI=1S/C12H24N2O2/c1-4-16-12(15)10-14(11-6-7-11)9-5-8-13(2)3/h11H,4-10H2,1-3H3. The fourth-order valence-electron chi connectivity index (χ4n) is 1.79. The maximum atomic E-state index is 11.4. The van der Waals surface area contributed by atoms with Crippen molar-refractivity contribution in [3.8, 4) is 0 Å². The summed E-state index contributed by atoms with van der Waals surface area (Å²) in [7, 11) is 4.15. The quantitative estimate of drug-likeness (QED) is 0.579. The first-order chi connectivity index (χ1) is 7.63. The average Bonchev–Trinajstić information content (AvgIpc) is 2.99. The van der Waals surface area contributed by atoms with Crippen molar-refractivity contribution < 1.29 is 9.53 Å². The maximum Gasteiger partial charge on any atom is 0.320 e. The van der Waals surface area contributed by atoms with E-state index >= 15 is 0 Å². The smallest absolute Gasteiger partial charge is 0.320 e. The predicted octanol–water partition coefficient (Wildman–Crippen LogP) is 0.966. The highest BCUT2D eigenvalue weighted by atomic mass is 16.5. The van der Waals surface area contributed by atoms with E-state index in [1.807, 2.05) is 6.92 Å². The van der Waals surface area contributed by atoms with Gasteiger partial charge in [0, 0.05) is 12.6 Å². The number of nitrogens with zero attached hydrogens (tertiary/aromatic N) is 2. The van der Waals surface area contributed by atoms with E-state index in [-0.39, 0.29) is 5.97 Å². The molecule has 1 fully saturated rings. The topological polar surface area (TPSA) is 32.8 Å².